The van der Waals surface area contributed by atoms with Crippen molar-refractivity contribution >= 4 is 0 Å². The minimum Gasteiger partial charge on any atom is -0.479 e. The molecule has 0 bridgehead atoms. The molecule has 108 valence electrons. The fourth-order valence-corrected chi connectivity index (χ4v) is 2.46. The van der Waals surface area contributed by atoms with E-state index in [2.05, 4.69) is 19.2 Å². The minimum atomic E-state index is 0.0900. The Morgan fingerprint density at radius 2 is 2.20 bits per heavy atom. The number of nitrogens with one attached hydrogen (secondary N) is 1. The van der Waals surface area contributed by atoms with Crippen LogP contribution >= 0.6 is 0 Å². The van der Waals surface area contributed by atoms with Crippen LogP contribution in [0.3, 0.4) is 0 Å². The topological polar surface area (TPSA) is 54.3 Å². The number of rotatable bonds is 6. The molecule has 1 aliphatic rings. The van der Waals surface area contributed by atoms with Crippen molar-refractivity contribution in [3.05, 3.63) is 29.8 Å². The SMILES string of the molecule is CC(NCC1CCOC1C)c1ccc(OCC#N)cc1. The van der Waals surface area contributed by atoms with Crippen LogP contribution in [0.25, 0.3) is 0 Å². The van der Waals surface area contributed by atoms with E-state index in [0.29, 0.717) is 18.1 Å². The maximum Gasteiger partial charge on any atom is 0.174 e. The summed E-state index contributed by atoms with van der Waals surface area (Å²) in [6.07, 6.45) is 1.50. The summed E-state index contributed by atoms with van der Waals surface area (Å²) in [4.78, 5) is 0. The smallest absolute Gasteiger partial charge is 0.174 e. The molecule has 2 rings (SSSR count). The van der Waals surface area contributed by atoms with E-state index in [1.54, 1.807) is 0 Å². The van der Waals surface area contributed by atoms with Gasteiger partial charge in [-0.3, -0.25) is 0 Å². The van der Waals surface area contributed by atoms with E-state index in [0.717, 1.165) is 25.3 Å². The number of ether oxygens (including phenoxy) is 2. The molecular weight excluding hydrogens is 252 g/mol. The van der Waals surface area contributed by atoms with Crippen molar-refractivity contribution in [1.29, 1.82) is 5.26 Å². The molecule has 0 aliphatic carbocycles. The van der Waals surface area contributed by atoms with Gasteiger partial charge in [-0.15, -0.1) is 0 Å². The van der Waals surface area contributed by atoms with E-state index in [1.807, 2.05) is 30.3 Å². The summed E-state index contributed by atoms with van der Waals surface area (Å²) in [6, 6.07) is 10.2. The van der Waals surface area contributed by atoms with Crippen LogP contribution < -0.4 is 10.1 Å². The van der Waals surface area contributed by atoms with E-state index in [4.69, 9.17) is 14.7 Å². The average molecular weight is 274 g/mol. The maximum absolute atomic E-state index is 8.47. The number of hydrogen-bond acceptors (Lipinski definition) is 4. The van der Waals surface area contributed by atoms with Gasteiger partial charge in [-0.05, 0) is 43.9 Å². The molecule has 0 spiro atoms. The third-order valence-corrected chi connectivity index (χ3v) is 3.90. The summed E-state index contributed by atoms with van der Waals surface area (Å²) < 4.78 is 10.8. The zero-order valence-corrected chi connectivity index (χ0v) is 12.1. The molecule has 3 unspecified atom stereocenters. The average Bonchev–Trinajstić information content (AvgIpc) is 2.88. The molecule has 1 aliphatic heterocycles. The normalized spacial score (nSPS) is 23.2. The van der Waals surface area contributed by atoms with Crippen LogP contribution in [0, 0.1) is 17.2 Å². The van der Waals surface area contributed by atoms with E-state index in [9.17, 15) is 0 Å². The molecule has 4 heteroatoms. The van der Waals surface area contributed by atoms with E-state index in [1.165, 1.54) is 5.56 Å². The van der Waals surface area contributed by atoms with Crippen LogP contribution in [0.15, 0.2) is 24.3 Å². The van der Waals surface area contributed by atoms with Gasteiger partial charge in [0.25, 0.3) is 0 Å². The highest BCUT2D eigenvalue weighted by Gasteiger charge is 2.24. The van der Waals surface area contributed by atoms with Gasteiger partial charge in [0.2, 0.25) is 0 Å². The quantitative estimate of drug-likeness (QED) is 0.866. The molecule has 0 radical (unpaired) electrons. The second-order valence-corrected chi connectivity index (χ2v) is 5.27. The first kappa shape index (κ1) is 14.8. The van der Waals surface area contributed by atoms with Gasteiger partial charge in [0.15, 0.2) is 6.61 Å². The lowest BCUT2D eigenvalue weighted by Gasteiger charge is -2.19. The third kappa shape index (κ3) is 3.96. The summed E-state index contributed by atoms with van der Waals surface area (Å²) in [7, 11) is 0. The van der Waals surface area contributed by atoms with Crippen molar-refractivity contribution in [3.8, 4) is 11.8 Å². The van der Waals surface area contributed by atoms with Crippen molar-refractivity contribution in [1.82, 2.24) is 5.32 Å². The summed E-state index contributed by atoms with van der Waals surface area (Å²) in [5.74, 6) is 1.34. The zero-order valence-electron chi connectivity index (χ0n) is 12.1. The lowest BCUT2D eigenvalue weighted by molar-refractivity contribution is 0.105. The third-order valence-electron chi connectivity index (χ3n) is 3.90. The molecule has 20 heavy (non-hydrogen) atoms. The standard InChI is InChI=1S/C16H22N2O2/c1-12(18-11-15-7-9-19-13(15)2)14-3-5-16(6-4-14)20-10-8-17/h3-6,12-13,15,18H,7,9-11H2,1-2H3. The van der Waals surface area contributed by atoms with Crippen molar-refractivity contribution in [2.45, 2.75) is 32.4 Å². The summed E-state index contributed by atoms with van der Waals surface area (Å²) in [5, 5.41) is 12.0. The molecule has 0 aromatic heterocycles. The second kappa shape index (κ2) is 7.28. The number of nitrogens with zero attached hydrogens (tertiary/aromatic N) is 1. The molecule has 1 N–H and O–H groups in total. The van der Waals surface area contributed by atoms with Crippen LogP contribution in [0.5, 0.6) is 5.75 Å². The minimum absolute atomic E-state index is 0.0900. The molecule has 1 heterocycles. The Hall–Kier alpha value is -1.57. The van der Waals surface area contributed by atoms with E-state index in [-0.39, 0.29) is 6.61 Å². The zero-order chi connectivity index (χ0) is 14.4. The maximum atomic E-state index is 8.47. The van der Waals surface area contributed by atoms with Gasteiger partial charge in [-0.25, -0.2) is 0 Å². The Kier molecular flexibility index (Phi) is 5.40. The second-order valence-electron chi connectivity index (χ2n) is 5.27. The molecule has 3 atom stereocenters. The van der Waals surface area contributed by atoms with Gasteiger partial charge < -0.3 is 14.8 Å². The molecule has 0 saturated carbocycles. The summed E-state index contributed by atoms with van der Waals surface area (Å²) >= 11 is 0. The largest absolute Gasteiger partial charge is 0.479 e. The summed E-state index contributed by atoms with van der Waals surface area (Å²) in [5.41, 5.74) is 1.22. The van der Waals surface area contributed by atoms with Crippen LogP contribution in [0.4, 0.5) is 0 Å². The lowest BCUT2D eigenvalue weighted by atomic mass is 10.0. The Morgan fingerprint density at radius 1 is 1.45 bits per heavy atom. The molecule has 4 nitrogen and oxygen atoms in total. The van der Waals surface area contributed by atoms with Crippen LogP contribution in [0.1, 0.15) is 31.9 Å². The van der Waals surface area contributed by atoms with Gasteiger partial charge in [-0.1, -0.05) is 12.1 Å². The Bertz CT molecular complexity index is 453. The van der Waals surface area contributed by atoms with Crippen molar-refractivity contribution in [2.75, 3.05) is 19.8 Å². The van der Waals surface area contributed by atoms with Crippen molar-refractivity contribution < 1.29 is 9.47 Å². The van der Waals surface area contributed by atoms with Gasteiger partial charge in [0.05, 0.1) is 6.10 Å². The van der Waals surface area contributed by atoms with Crippen LogP contribution in [0.2, 0.25) is 0 Å². The Balaban J connectivity index is 1.82. The highest BCUT2D eigenvalue weighted by atomic mass is 16.5. The van der Waals surface area contributed by atoms with Crippen LogP contribution in [-0.4, -0.2) is 25.9 Å². The highest BCUT2D eigenvalue weighted by molar-refractivity contribution is 5.29. The summed E-state index contributed by atoms with van der Waals surface area (Å²) in [6.45, 7) is 6.26. The van der Waals surface area contributed by atoms with Gasteiger partial charge in [0.1, 0.15) is 11.8 Å². The van der Waals surface area contributed by atoms with Crippen molar-refractivity contribution in [3.63, 3.8) is 0 Å². The van der Waals surface area contributed by atoms with Gasteiger partial charge >= 0.3 is 0 Å². The first-order valence-electron chi connectivity index (χ1n) is 7.15. The first-order chi connectivity index (χ1) is 9.70. The fourth-order valence-electron chi connectivity index (χ4n) is 2.46. The highest BCUT2D eigenvalue weighted by Crippen LogP contribution is 2.22. The number of nitriles is 1. The van der Waals surface area contributed by atoms with E-state index < -0.39 is 0 Å². The molecule has 1 fully saturated rings. The molecule has 1 saturated heterocycles. The Labute approximate surface area is 120 Å². The van der Waals surface area contributed by atoms with Crippen LogP contribution in [-0.2, 0) is 4.74 Å². The number of hydrogen-bond donors (Lipinski definition) is 1. The monoisotopic (exact) mass is 274 g/mol. The number of benzene rings is 1. The van der Waals surface area contributed by atoms with Gasteiger partial charge in [0, 0.05) is 19.2 Å². The fraction of sp³-hybridized carbons (Fsp3) is 0.562. The van der Waals surface area contributed by atoms with Crippen molar-refractivity contribution in [2.24, 2.45) is 5.92 Å². The molecule has 1 aromatic carbocycles. The lowest BCUT2D eigenvalue weighted by Crippen LogP contribution is -2.29. The van der Waals surface area contributed by atoms with E-state index >= 15 is 0 Å². The molecular formula is C16H22N2O2. The predicted molar refractivity (Wildman–Crippen MR) is 77.5 cm³/mol. The molecule has 1 aromatic rings. The Morgan fingerprint density at radius 3 is 2.80 bits per heavy atom. The molecule has 0 amide bonds. The predicted octanol–water partition coefficient (Wildman–Crippen LogP) is 2.66. The first-order valence-corrected chi connectivity index (χ1v) is 7.15. The van der Waals surface area contributed by atoms with Gasteiger partial charge in [-0.2, -0.15) is 5.26 Å².